The number of hydrogen-bond donors (Lipinski definition) is 1. The Hall–Kier alpha value is -0.710. The maximum atomic E-state index is 13.0. The Morgan fingerprint density at radius 3 is 2.47 bits per heavy atom. The van der Waals surface area contributed by atoms with Crippen LogP contribution in [0.15, 0.2) is 0 Å². The van der Waals surface area contributed by atoms with E-state index in [2.05, 4.69) is 0 Å². The third-order valence-electron chi connectivity index (χ3n) is 3.92. The minimum atomic E-state index is -2.57. The van der Waals surface area contributed by atoms with Gasteiger partial charge in [0.2, 0.25) is 11.8 Å². The number of carbonyl (C=O) groups is 1. The Morgan fingerprint density at radius 2 is 1.94 bits per heavy atom. The van der Waals surface area contributed by atoms with E-state index >= 15 is 0 Å². The fourth-order valence-electron chi connectivity index (χ4n) is 2.73. The fourth-order valence-corrected chi connectivity index (χ4v) is 2.73. The molecule has 98 valence electrons. The van der Waals surface area contributed by atoms with Gasteiger partial charge in [-0.3, -0.25) is 4.79 Å². The molecule has 1 N–H and O–H groups in total. The van der Waals surface area contributed by atoms with Crippen molar-refractivity contribution in [3.63, 3.8) is 0 Å². The van der Waals surface area contributed by atoms with Gasteiger partial charge in [0, 0.05) is 44.4 Å². The second-order valence-corrected chi connectivity index (χ2v) is 5.25. The van der Waals surface area contributed by atoms with Crippen LogP contribution in [-0.4, -0.2) is 41.5 Å². The minimum absolute atomic E-state index is 0.0106. The van der Waals surface area contributed by atoms with Crippen LogP contribution in [0.25, 0.3) is 0 Å². The predicted molar refractivity (Wildman–Crippen MR) is 58.7 cm³/mol. The summed E-state index contributed by atoms with van der Waals surface area (Å²) in [6.45, 7) is 1.35. The van der Waals surface area contributed by atoms with Gasteiger partial charge in [-0.25, -0.2) is 8.78 Å². The van der Waals surface area contributed by atoms with Crippen molar-refractivity contribution < 1.29 is 18.7 Å². The maximum absolute atomic E-state index is 13.0. The van der Waals surface area contributed by atoms with E-state index in [1.54, 1.807) is 4.90 Å². The Morgan fingerprint density at radius 1 is 1.29 bits per heavy atom. The number of likely N-dealkylation sites (tertiary alicyclic amines) is 1. The molecule has 1 unspecified atom stereocenters. The topological polar surface area (TPSA) is 40.5 Å². The molecule has 5 heteroatoms. The Balaban J connectivity index is 1.85. The summed E-state index contributed by atoms with van der Waals surface area (Å²) in [6.07, 6.45) is 1.09. The lowest BCUT2D eigenvalue weighted by Crippen LogP contribution is -2.38. The van der Waals surface area contributed by atoms with E-state index in [1.807, 2.05) is 0 Å². The highest BCUT2D eigenvalue weighted by Gasteiger charge is 2.39. The average Bonchev–Trinajstić information content (AvgIpc) is 2.76. The standard InChI is InChI=1S/C12H19F2NO2/c13-12(14)4-1-10(2-5-12)11(17)15-6-3-9(7-15)8-16/h9-10,16H,1-8H2. The SMILES string of the molecule is O=C(C1CCC(F)(F)CC1)N1CCC(CO)C1. The molecule has 2 aliphatic rings. The molecule has 0 radical (unpaired) electrons. The number of rotatable bonds is 2. The van der Waals surface area contributed by atoms with Crippen LogP contribution < -0.4 is 0 Å². The summed E-state index contributed by atoms with van der Waals surface area (Å²) >= 11 is 0. The minimum Gasteiger partial charge on any atom is -0.396 e. The largest absolute Gasteiger partial charge is 0.396 e. The molecule has 1 aliphatic heterocycles. The molecule has 2 fully saturated rings. The molecule has 0 aromatic heterocycles. The molecule has 0 aromatic rings. The number of aliphatic hydroxyl groups excluding tert-OH is 1. The molecular weight excluding hydrogens is 228 g/mol. The lowest BCUT2D eigenvalue weighted by molar-refractivity contribution is -0.138. The number of carbonyl (C=O) groups excluding carboxylic acids is 1. The zero-order chi connectivity index (χ0) is 12.5. The van der Waals surface area contributed by atoms with Crippen LogP contribution in [0.1, 0.15) is 32.1 Å². The van der Waals surface area contributed by atoms with Gasteiger partial charge in [0.15, 0.2) is 0 Å². The summed E-state index contributed by atoms with van der Waals surface area (Å²) in [5, 5.41) is 9.01. The first kappa shape index (κ1) is 12.7. The van der Waals surface area contributed by atoms with Crippen molar-refractivity contribution in [1.82, 2.24) is 4.90 Å². The predicted octanol–water partition coefficient (Wildman–Crippen LogP) is 1.65. The molecule has 1 atom stereocenters. The van der Waals surface area contributed by atoms with E-state index in [0.29, 0.717) is 25.9 Å². The average molecular weight is 247 g/mol. The van der Waals surface area contributed by atoms with E-state index in [-0.39, 0.29) is 37.2 Å². The molecule has 2 rings (SSSR count). The lowest BCUT2D eigenvalue weighted by atomic mass is 9.86. The van der Waals surface area contributed by atoms with Gasteiger partial charge in [0.25, 0.3) is 0 Å². The quantitative estimate of drug-likeness (QED) is 0.806. The molecule has 1 amide bonds. The number of halogens is 2. The third-order valence-corrected chi connectivity index (χ3v) is 3.92. The number of aliphatic hydroxyl groups is 1. The van der Waals surface area contributed by atoms with Crippen molar-refractivity contribution in [2.75, 3.05) is 19.7 Å². The first-order chi connectivity index (χ1) is 8.02. The van der Waals surface area contributed by atoms with Crippen LogP contribution in [0, 0.1) is 11.8 Å². The molecule has 17 heavy (non-hydrogen) atoms. The van der Waals surface area contributed by atoms with Crippen molar-refractivity contribution in [2.45, 2.75) is 38.0 Å². The Bertz CT molecular complexity index is 286. The molecule has 0 bridgehead atoms. The number of alkyl halides is 2. The zero-order valence-corrected chi connectivity index (χ0v) is 9.87. The van der Waals surface area contributed by atoms with Crippen LogP contribution in [0.4, 0.5) is 8.78 Å². The van der Waals surface area contributed by atoms with Crippen molar-refractivity contribution >= 4 is 5.91 Å². The van der Waals surface area contributed by atoms with Crippen LogP contribution in [0.3, 0.4) is 0 Å². The maximum Gasteiger partial charge on any atom is 0.248 e. The smallest absolute Gasteiger partial charge is 0.248 e. The fraction of sp³-hybridized carbons (Fsp3) is 0.917. The first-order valence-corrected chi connectivity index (χ1v) is 6.29. The number of nitrogens with zero attached hydrogens (tertiary/aromatic N) is 1. The van der Waals surface area contributed by atoms with Gasteiger partial charge in [-0.2, -0.15) is 0 Å². The second kappa shape index (κ2) is 4.88. The summed E-state index contributed by atoms with van der Waals surface area (Å²) in [5.41, 5.74) is 0. The summed E-state index contributed by atoms with van der Waals surface area (Å²) in [4.78, 5) is 13.8. The van der Waals surface area contributed by atoms with Crippen molar-refractivity contribution in [2.24, 2.45) is 11.8 Å². The molecular formula is C12H19F2NO2. The summed E-state index contributed by atoms with van der Waals surface area (Å²) < 4.78 is 26.0. The van der Waals surface area contributed by atoms with Gasteiger partial charge in [-0.1, -0.05) is 0 Å². The first-order valence-electron chi connectivity index (χ1n) is 6.29. The van der Waals surface area contributed by atoms with Crippen molar-refractivity contribution in [3.8, 4) is 0 Å². The highest BCUT2D eigenvalue weighted by atomic mass is 19.3. The van der Waals surface area contributed by atoms with Gasteiger partial charge in [-0.05, 0) is 19.3 Å². The van der Waals surface area contributed by atoms with Crippen LogP contribution in [0.2, 0.25) is 0 Å². The molecule has 0 spiro atoms. The lowest BCUT2D eigenvalue weighted by Gasteiger charge is -2.30. The van der Waals surface area contributed by atoms with Gasteiger partial charge < -0.3 is 10.0 Å². The number of hydrogen-bond acceptors (Lipinski definition) is 2. The van der Waals surface area contributed by atoms with Gasteiger partial charge in [0.05, 0.1) is 0 Å². The highest BCUT2D eigenvalue weighted by Crippen LogP contribution is 2.37. The molecule has 1 saturated heterocycles. The van der Waals surface area contributed by atoms with Crippen LogP contribution in [0.5, 0.6) is 0 Å². The summed E-state index contributed by atoms with van der Waals surface area (Å²) in [7, 11) is 0. The zero-order valence-electron chi connectivity index (χ0n) is 9.87. The van der Waals surface area contributed by atoms with Crippen molar-refractivity contribution in [1.29, 1.82) is 0 Å². The van der Waals surface area contributed by atoms with E-state index in [1.165, 1.54) is 0 Å². The van der Waals surface area contributed by atoms with E-state index in [9.17, 15) is 13.6 Å². The molecule has 1 saturated carbocycles. The normalized spacial score (nSPS) is 29.6. The van der Waals surface area contributed by atoms with Gasteiger partial charge in [-0.15, -0.1) is 0 Å². The third kappa shape index (κ3) is 2.94. The van der Waals surface area contributed by atoms with Gasteiger partial charge in [0.1, 0.15) is 0 Å². The molecule has 1 aliphatic carbocycles. The van der Waals surface area contributed by atoms with Crippen LogP contribution in [-0.2, 0) is 4.79 Å². The number of amides is 1. The monoisotopic (exact) mass is 247 g/mol. The van der Waals surface area contributed by atoms with E-state index in [4.69, 9.17) is 5.11 Å². The molecule has 0 aromatic carbocycles. The molecule has 1 heterocycles. The van der Waals surface area contributed by atoms with Crippen LogP contribution >= 0.6 is 0 Å². The summed E-state index contributed by atoms with van der Waals surface area (Å²) in [5.74, 6) is -2.62. The molecule has 3 nitrogen and oxygen atoms in total. The highest BCUT2D eigenvalue weighted by molar-refractivity contribution is 5.79. The Kier molecular flexibility index (Phi) is 3.66. The van der Waals surface area contributed by atoms with Crippen molar-refractivity contribution in [3.05, 3.63) is 0 Å². The summed E-state index contributed by atoms with van der Waals surface area (Å²) in [6, 6.07) is 0. The van der Waals surface area contributed by atoms with E-state index < -0.39 is 5.92 Å². The second-order valence-electron chi connectivity index (χ2n) is 5.25. The Labute approximate surface area is 99.8 Å². The van der Waals surface area contributed by atoms with Gasteiger partial charge >= 0.3 is 0 Å². The van der Waals surface area contributed by atoms with E-state index in [0.717, 1.165) is 6.42 Å².